The summed E-state index contributed by atoms with van der Waals surface area (Å²) in [5, 5.41) is 0. The van der Waals surface area contributed by atoms with Crippen LogP contribution >= 0.6 is 0 Å². The first-order valence-electron chi connectivity index (χ1n) is 7.45. The van der Waals surface area contributed by atoms with E-state index >= 15 is 0 Å². The molecule has 3 fully saturated rings. The van der Waals surface area contributed by atoms with Crippen molar-refractivity contribution in [2.24, 2.45) is 29.6 Å². The van der Waals surface area contributed by atoms with Crippen molar-refractivity contribution in [3.05, 3.63) is 12.2 Å². The molecular formula is C16H26. The van der Waals surface area contributed by atoms with Crippen LogP contribution in [-0.2, 0) is 0 Å². The molecule has 0 aliphatic heterocycles. The monoisotopic (exact) mass is 218 g/mol. The summed E-state index contributed by atoms with van der Waals surface area (Å²) in [6.07, 6.45) is 11.8. The summed E-state index contributed by atoms with van der Waals surface area (Å²) in [7, 11) is 0. The first kappa shape index (κ1) is 10.9. The molecule has 0 aromatic carbocycles. The minimum atomic E-state index is 0.896. The molecular weight excluding hydrogens is 192 g/mol. The van der Waals surface area contributed by atoms with E-state index in [0.717, 1.165) is 29.6 Å². The Morgan fingerprint density at radius 1 is 1.00 bits per heavy atom. The Kier molecular flexibility index (Phi) is 2.85. The molecule has 2 unspecified atom stereocenters. The molecule has 0 aromatic rings. The van der Waals surface area contributed by atoms with Crippen LogP contribution in [0, 0.1) is 29.6 Å². The van der Waals surface area contributed by atoms with E-state index in [4.69, 9.17) is 0 Å². The molecule has 0 heteroatoms. The summed E-state index contributed by atoms with van der Waals surface area (Å²) in [6.45, 7) is 6.92. The lowest BCUT2D eigenvalue weighted by Crippen LogP contribution is -2.42. The second-order valence-electron chi connectivity index (χ2n) is 6.64. The zero-order valence-electron chi connectivity index (χ0n) is 10.8. The van der Waals surface area contributed by atoms with Crippen LogP contribution in [-0.4, -0.2) is 0 Å². The van der Waals surface area contributed by atoms with Gasteiger partial charge in [-0.15, -0.1) is 0 Å². The minimum absolute atomic E-state index is 0.896. The van der Waals surface area contributed by atoms with Crippen LogP contribution < -0.4 is 0 Å². The van der Waals surface area contributed by atoms with Gasteiger partial charge in [0.1, 0.15) is 0 Å². The SMILES string of the molecule is C=C1CCCC2C[C@@H]3CCCC[C@@H]3[C@H](C)C12. The zero-order chi connectivity index (χ0) is 11.1. The van der Waals surface area contributed by atoms with Crippen molar-refractivity contribution in [1.82, 2.24) is 0 Å². The molecule has 0 nitrogen and oxygen atoms in total. The van der Waals surface area contributed by atoms with Gasteiger partial charge in [-0.1, -0.05) is 38.3 Å². The van der Waals surface area contributed by atoms with Gasteiger partial charge in [-0.3, -0.25) is 0 Å². The maximum atomic E-state index is 4.39. The van der Waals surface area contributed by atoms with Crippen LogP contribution in [0.3, 0.4) is 0 Å². The largest absolute Gasteiger partial charge is 0.0996 e. The molecule has 0 spiro atoms. The third-order valence-electron chi connectivity index (χ3n) is 5.87. The highest BCUT2D eigenvalue weighted by Crippen LogP contribution is 2.54. The fourth-order valence-electron chi connectivity index (χ4n) is 5.21. The molecule has 90 valence electrons. The number of hydrogen-bond acceptors (Lipinski definition) is 0. The molecule has 0 amide bonds. The van der Waals surface area contributed by atoms with Crippen molar-refractivity contribution in [2.45, 2.75) is 58.3 Å². The first-order chi connectivity index (χ1) is 7.77. The topological polar surface area (TPSA) is 0 Å². The highest BCUT2D eigenvalue weighted by molar-refractivity contribution is 5.11. The summed E-state index contributed by atoms with van der Waals surface area (Å²) >= 11 is 0. The maximum absolute atomic E-state index is 4.39. The highest BCUT2D eigenvalue weighted by Gasteiger charge is 2.44. The van der Waals surface area contributed by atoms with Gasteiger partial charge < -0.3 is 0 Å². The van der Waals surface area contributed by atoms with E-state index in [1.165, 1.54) is 44.9 Å². The van der Waals surface area contributed by atoms with E-state index in [1.54, 1.807) is 12.0 Å². The molecule has 0 bridgehead atoms. The fourth-order valence-corrected chi connectivity index (χ4v) is 5.21. The van der Waals surface area contributed by atoms with Crippen molar-refractivity contribution in [3.8, 4) is 0 Å². The quantitative estimate of drug-likeness (QED) is 0.512. The lowest BCUT2D eigenvalue weighted by atomic mass is 9.54. The summed E-state index contributed by atoms with van der Waals surface area (Å²) < 4.78 is 0. The van der Waals surface area contributed by atoms with Gasteiger partial charge in [0.25, 0.3) is 0 Å². The van der Waals surface area contributed by atoms with Gasteiger partial charge >= 0.3 is 0 Å². The van der Waals surface area contributed by atoms with Crippen molar-refractivity contribution >= 4 is 0 Å². The van der Waals surface area contributed by atoms with Crippen molar-refractivity contribution in [3.63, 3.8) is 0 Å². The van der Waals surface area contributed by atoms with E-state index < -0.39 is 0 Å². The Hall–Kier alpha value is -0.260. The summed E-state index contributed by atoms with van der Waals surface area (Å²) in [5.74, 6) is 4.97. The number of hydrogen-bond donors (Lipinski definition) is 0. The molecule has 0 heterocycles. The van der Waals surface area contributed by atoms with Gasteiger partial charge in [0.15, 0.2) is 0 Å². The zero-order valence-corrected chi connectivity index (χ0v) is 10.8. The Bertz CT molecular complexity index is 278. The van der Waals surface area contributed by atoms with Gasteiger partial charge in [-0.25, -0.2) is 0 Å². The van der Waals surface area contributed by atoms with E-state index in [1.807, 2.05) is 0 Å². The Morgan fingerprint density at radius 3 is 2.62 bits per heavy atom. The van der Waals surface area contributed by atoms with E-state index in [9.17, 15) is 0 Å². The van der Waals surface area contributed by atoms with Crippen LogP contribution in [0.2, 0.25) is 0 Å². The highest BCUT2D eigenvalue weighted by atomic mass is 14.5. The van der Waals surface area contributed by atoms with Crippen LogP contribution in [0.15, 0.2) is 12.2 Å². The lowest BCUT2D eigenvalue weighted by Gasteiger charge is -2.51. The normalized spacial score (nSPS) is 48.3. The van der Waals surface area contributed by atoms with Gasteiger partial charge in [0.05, 0.1) is 0 Å². The van der Waals surface area contributed by atoms with Gasteiger partial charge in [0, 0.05) is 0 Å². The smallest absolute Gasteiger partial charge is 0.0149 e. The molecule has 5 atom stereocenters. The Morgan fingerprint density at radius 2 is 1.75 bits per heavy atom. The fraction of sp³-hybridized carbons (Fsp3) is 0.875. The van der Waals surface area contributed by atoms with E-state index in [0.29, 0.717) is 0 Å². The second-order valence-corrected chi connectivity index (χ2v) is 6.64. The molecule has 0 radical (unpaired) electrons. The predicted octanol–water partition coefficient (Wildman–Crippen LogP) is 4.81. The van der Waals surface area contributed by atoms with Gasteiger partial charge in [-0.2, -0.15) is 0 Å². The number of rotatable bonds is 0. The summed E-state index contributed by atoms with van der Waals surface area (Å²) in [6, 6.07) is 0. The standard InChI is InChI=1S/C16H26/c1-11-6-5-8-14-10-13-7-3-4-9-15(13)12(2)16(11)14/h12-16H,1,3-10H2,2H3/t12-,13-,14?,15+,16?/m0/s1. The summed E-state index contributed by atoms with van der Waals surface area (Å²) in [4.78, 5) is 0. The van der Waals surface area contributed by atoms with Crippen LogP contribution in [0.4, 0.5) is 0 Å². The molecule has 3 aliphatic rings. The molecule has 0 N–H and O–H groups in total. The second kappa shape index (κ2) is 4.20. The molecule has 3 aliphatic carbocycles. The van der Waals surface area contributed by atoms with Gasteiger partial charge in [-0.05, 0) is 61.7 Å². The summed E-state index contributed by atoms with van der Waals surface area (Å²) in [5.41, 5.74) is 1.60. The van der Waals surface area contributed by atoms with Crippen LogP contribution in [0.5, 0.6) is 0 Å². The third-order valence-corrected chi connectivity index (χ3v) is 5.87. The molecule has 0 aromatic heterocycles. The van der Waals surface area contributed by atoms with Crippen LogP contribution in [0.25, 0.3) is 0 Å². The third kappa shape index (κ3) is 1.65. The van der Waals surface area contributed by atoms with E-state index in [-0.39, 0.29) is 0 Å². The molecule has 3 saturated carbocycles. The Labute approximate surface area is 101 Å². The average molecular weight is 218 g/mol. The molecule has 3 rings (SSSR count). The van der Waals surface area contributed by atoms with Crippen molar-refractivity contribution in [1.29, 1.82) is 0 Å². The van der Waals surface area contributed by atoms with Crippen molar-refractivity contribution < 1.29 is 0 Å². The maximum Gasteiger partial charge on any atom is -0.0149 e. The van der Waals surface area contributed by atoms with E-state index in [2.05, 4.69) is 13.5 Å². The molecule has 16 heavy (non-hydrogen) atoms. The van der Waals surface area contributed by atoms with Crippen molar-refractivity contribution in [2.75, 3.05) is 0 Å². The lowest BCUT2D eigenvalue weighted by molar-refractivity contribution is 0.0223. The van der Waals surface area contributed by atoms with Gasteiger partial charge in [0.2, 0.25) is 0 Å². The van der Waals surface area contributed by atoms with Crippen LogP contribution in [0.1, 0.15) is 58.3 Å². The Balaban J connectivity index is 1.82. The number of allylic oxidation sites excluding steroid dienone is 1. The molecule has 0 saturated heterocycles. The number of fused-ring (bicyclic) bond motifs is 2. The minimum Gasteiger partial charge on any atom is -0.0996 e. The average Bonchev–Trinajstić information content (AvgIpc) is 2.29. The first-order valence-corrected chi connectivity index (χ1v) is 7.45. The predicted molar refractivity (Wildman–Crippen MR) is 69.2 cm³/mol.